The van der Waals surface area contributed by atoms with Crippen LogP contribution < -0.4 is 0 Å². The molecule has 0 fully saturated rings. The highest BCUT2D eigenvalue weighted by molar-refractivity contribution is 9.09. The van der Waals surface area contributed by atoms with Crippen LogP contribution in [0.1, 0.15) is 47.3 Å². The van der Waals surface area contributed by atoms with Crippen LogP contribution in [0.25, 0.3) is 0 Å². The van der Waals surface area contributed by atoms with E-state index < -0.39 is 0 Å². The van der Waals surface area contributed by atoms with E-state index in [0.29, 0.717) is 10.2 Å². The van der Waals surface area contributed by atoms with E-state index in [9.17, 15) is 0 Å². The highest BCUT2D eigenvalue weighted by atomic mass is 79.9. The number of halogens is 1. The molecule has 1 rings (SSSR count). The number of hydrogen-bond donors (Lipinski definition) is 0. The van der Waals surface area contributed by atoms with Crippen molar-refractivity contribution in [3.63, 3.8) is 0 Å². The molecule has 0 nitrogen and oxygen atoms in total. The van der Waals surface area contributed by atoms with Gasteiger partial charge in [0.1, 0.15) is 0 Å². The van der Waals surface area contributed by atoms with Crippen molar-refractivity contribution in [3.05, 3.63) is 21.4 Å². The Morgan fingerprint density at radius 2 is 2.00 bits per heavy atom. The fraction of sp³-hybridized carbons (Fsp3) is 0.667. The van der Waals surface area contributed by atoms with Crippen LogP contribution in [0, 0.1) is 19.3 Å². The maximum absolute atomic E-state index is 3.84. The summed E-state index contributed by atoms with van der Waals surface area (Å²) in [6.07, 6.45) is 1.19. The molecule has 0 bridgehead atoms. The van der Waals surface area contributed by atoms with E-state index in [1.807, 2.05) is 11.3 Å². The average molecular weight is 275 g/mol. The quantitative estimate of drug-likeness (QED) is 0.662. The van der Waals surface area contributed by atoms with Crippen LogP contribution in [0.4, 0.5) is 0 Å². The van der Waals surface area contributed by atoms with Crippen LogP contribution in [0.3, 0.4) is 0 Å². The predicted molar refractivity (Wildman–Crippen MR) is 69.5 cm³/mol. The summed E-state index contributed by atoms with van der Waals surface area (Å²) in [7, 11) is 0. The van der Waals surface area contributed by atoms with Gasteiger partial charge in [0.25, 0.3) is 0 Å². The van der Waals surface area contributed by atoms with Gasteiger partial charge in [-0.25, -0.2) is 0 Å². The van der Waals surface area contributed by atoms with Gasteiger partial charge in [-0.2, -0.15) is 0 Å². The first-order valence-corrected chi connectivity index (χ1v) is 6.82. The summed E-state index contributed by atoms with van der Waals surface area (Å²) in [4.78, 5) is 3.39. The lowest BCUT2D eigenvalue weighted by Gasteiger charge is -2.28. The molecule has 0 aliphatic rings. The van der Waals surface area contributed by atoms with Gasteiger partial charge in [0.15, 0.2) is 0 Å². The minimum atomic E-state index is 0.335. The van der Waals surface area contributed by atoms with Crippen molar-refractivity contribution in [1.29, 1.82) is 0 Å². The van der Waals surface area contributed by atoms with Crippen LogP contribution in [0.15, 0.2) is 6.07 Å². The average Bonchev–Trinajstić information content (AvgIpc) is 2.44. The van der Waals surface area contributed by atoms with Crippen molar-refractivity contribution in [3.8, 4) is 0 Å². The molecule has 0 saturated heterocycles. The smallest absolute Gasteiger partial charge is 0.0542 e. The first-order valence-electron chi connectivity index (χ1n) is 5.09. The lowest BCUT2D eigenvalue weighted by Crippen LogP contribution is -2.16. The first kappa shape index (κ1) is 12.3. The molecule has 0 saturated carbocycles. The van der Waals surface area contributed by atoms with Crippen LogP contribution in [0.2, 0.25) is 0 Å². The number of thiophene rings is 1. The third-order valence-electron chi connectivity index (χ3n) is 2.91. The van der Waals surface area contributed by atoms with Gasteiger partial charge in [-0.05, 0) is 37.3 Å². The van der Waals surface area contributed by atoms with Crippen molar-refractivity contribution < 1.29 is 0 Å². The first-order chi connectivity index (χ1) is 6.38. The van der Waals surface area contributed by atoms with Gasteiger partial charge in [-0.1, -0.05) is 36.7 Å². The molecule has 0 amide bonds. The Kier molecular flexibility index (Phi) is 3.81. The maximum Gasteiger partial charge on any atom is 0.0542 e. The third kappa shape index (κ3) is 2.40. The summed E-state index contributed by atoms with van der Waals surface area (Å²) in [6.45, 7) is 11.3. The number of alkyl halides is 1. The number of rotatable bonds is 3. The molecule has 80 valence electrons. The molecule has 0 aromatic carbocycles. The highest BCUT2D eigenvalue weighted by Crippen LogP contribution is 2.46. The second kappa shape index (κ2) is 4.36. The molecule has 1 aromatic heterocycles. The molecule has 1 atom stereocenters. The minimum absolute atomic E-state index is 0.335. The normalized spacial score (nSPS) is 14.4. The Morgan fingerprint density at radius 3 is 2.36 bits per heavy atom. The Hall–Kier alpha value is 0.180. The second-order valence-corrected chi connectivity index (χ2v) is 6.81. The molecule has 0 aliphatic carbocycles. The topological polar surface area (TPSA) is 0 Å². The Morgan fingerprint density at radius 1 is 1.43 bits per heavy atom. The van der Waals surface area contributed by atoms with E-state index in [-0.39, 0.29) is 0 Å². The lowest BCUT2D eigenvalue weighted by atomic mass is 9.85. The van der Waals surface area contributed by atoms with E-state index in [1.165, 1.54) is 21.7 Å². The zero-order chi connectivity index (χ0) is 10.9. The molecule has 2 heteroatoms. The molecule has 1 heterocycles. The monoisotopic (exact) mass is 274 g/mol. The van der Waals surface area contributed by atoms with Gasteiger partial charge in [0, 0.05) is 9.75 Å². The largest absolute Gasteiger partial charge is 0.144 e. The summed E-state index contributed by atoms with van der Waals surface area (Å²) < 4.78 is 0. The van der Waals surface area contributed by atoms with Crippen molar-refractivity contribution in [2.45, 2.75) is 45.9 Å². The number of hydrogen-bond acceptors (Lipinski definition) is 1. The van der Waals surface area contributed by atoms with Crippen LogP contribution in [-0.2, 0) is 0 Å². The molecular formula is C12H19BrS. The standard InChI is InChI=1S/C12H19BrS/c1-6-12(4,5)11(13)10-8(2)7-9(3)14-10/h7,11H,6H2,1-5H3. The van der Waals surface area contributed by atoms with E-state index >= 15 is 0 Å². The molecule has 0 aliphatic heterocycles. The van der Waals surface area contributed by atoms with E-state index in [2.05, 4.69) is 56.6 Å². The van der Waals surface area contributed by atoms with Crippen LogP contribution in [0.5, 0.6) is 0 Å². The fourth-order valence-corrected chi connectivity index (χ4v) is 3.64. The lowest BCUT2D eigenvalue weighted by molar-refractivity contribution is 0.348. The molecule has 1 unspecified atom stereocenters. The van der Waals surface area contributed by atoms with Gasteiger partial charge in [0.2, 0.25) is 0 Å². The van der Waals surface area contributed by atoms with Gasteiger partial charge in [-0.15, -0.1) is 11.3 Å². The van der Waals surface area contributed by atoms with E-state index in [1.54, 1.807) is 0 Å². The molecule has 0 spiro atoms. The minimum Gasteiger partial charge on any atom is -0.144 e. The van der Waals surface area contributed by atoms with Crippen molar-refractivity contribution in [2.75, 3.05) is 0 Å². The fourth-order valence-electron chi connectivity index (χ4n) is 1.45. The summed E-state index contributed by atoms with van der Waals surface area (Å²) >= 11 is 5.76. The van der Waals surface area contributed by atoms with Crippen molar-refractivity contribution in [1.82, 2.24) is 0 Å². The van der Waals surface area contributed by atoms with Crippen molar-refractivity contribution in [2.24, 2.45) is 5.41 Å². The van der Waals surface area contributed by atoms with E-state index in [0.717, 1.165) is 0 Å². The Bertz CT molecular complexity index is 312. The van der Waals surface area contributed by atoms with Gasteiger partial charge < -0.3 is 0 Å². The molecule has 0 N–H and O–H groups in total. The van der Waals surface area contributed by atoms with E-state index in [4.69, 9.17) is 0 Å². The van der Waals surface area contributed by atoms with Gasteiger partial charge in [-0.3, -0.25) is 0 Å². The van der Waals surface area contributed by atoms with Gasteiger partial charge >= 0.3 is 0 Å². The SMILES string of the molecule is CCC(C)(C)C(Br)c1sc(C)cc1C. The Balaban J connectivity index is 3.00. The molecule has 14 heavy (non-hydrogen) atoms. The van der Waals surface area contributed by atoms with Gasteiger partial charge in [0.05, 0.1) is 4.83 Å². The predicted octanol–water partition coefficient (Wildman–Crippen LogP) is 5.24. The Labute approximate surface area is 99.9 Å². The van der Waals surface area contributed by atoms with Crippen LogP contribution in [-0.4, -0.2) is 0 Å². The summed E-state index contributed by atoms with van der Waals surface area (Å²) in [6, 6.07) is 2.28. The summed E-state index contributed by atoms with van der Waals surface area (Å²) in [5, 5.41) is 0. The molecule has 0 radical (unpaired) electrons. The zero-order valence-electron chi connectivity index (χ0n) is 9.65. The van der Waals surface area contributed by atoms with Crippen LogP contribution >= 0.6 is 27.3 Å². The highest BCUT2D eigenvalue weighted by Gasteiger charge is 2.28. The second-order valence-electron chi connectivity index (χ2n) is 4.61. The summed E-state index contributed by atoms with van der Waals surface area (Å²) in [5.41, 5.74) is 1.76. The molecule has 1 aromatic rings. The summed E-state index contributed by atoms with van der Waals surface area (Å²) in [5.74, 6) is 0. The van der Waals surface area contributed by atoms with Crippen molar-refractivity contribution >= 4 is 27.3 Å². The molecular weight excluding hydrogens is 256 g/mol. The number of aryl methyl sites for hydroxylation is 2. The third-order valence-corrected chi connectivity index (χ3v) is 6.12. The zero-order valence-corrected chi connectivity index (χ0v) is 12.1. The maximum atomic E-state index is 3.84.